The summed E-state index contributed by atoms with van der Waals surface area (Å²) in [5.74, 6) is 1.88. The van der Waals surface area contributed by atoms with Gasteiger partial charge in [-0.05, 0) is 24.3 Å². The Bertz CT molecular complexity index is 1160. The molecule has 5 rings (SSSR count). The molecule has 3 heterocycles. The summed E-state index contributed by atoms with van der Waals surface area (Å²) < 4.78 is 29.0. The quantitative estimate of drug-likeness (QED) is 0.517. The van der Waals surface area contributed by atoms with Crippen LogP contribution in [0.4, 0.5) is 11.5 Å². The molecule has 10 heteroatoms. The van der Waals surface area contributed by atoms with E-state index >= 15 is 0 Å². The van der Waals surface area contributed by atoms with Gasteiger partial charge in [-0.2, -0.15) is 0 Å². The number of rotatable bonds is 7. The molecule has 174 valence electrons. The van der Waals surface area contributed by atoms with Crippen LogP contribution in [-0.4, -0.2) is 62.3 Å². The standard InChI is InChI=1S/C23H23Cl2N3O5/c1-29-18-6-14-17(26-11-27-23(14)28-13-3-4-15(24)16(25)5-13)7-19(18)31-8-12-9-32-22-20(30-2)10-33-21(12)22/h3-7,11-12,20-22H,8-10H2,1-2H3,(H,26,27,28)/t12?,20-,21+,22+/m0/s1. The zero-order valence-corrected chi connectivity index (χ0v) is 19.6. The highest BCUT2D eigenvalue weighted by Crippen LogP contribution is 2.37. The lowest BCUT2D eigenvalue weighted by Gasteiger charge is -2.18. The van der Waals surface area contributed by atoms with Gasteiger partial charge in [0.1, 0.15) is 24.4 Å². The van der Waals surface area contributed by atoms with E-state index in [9.17, 15) is 0 Å². The van der Waals surface area contributed by atoms with Crippen LogP contribution in [0.15, 0.2) is 36.7 Å². The molecular weight excluding hydrogens is 469 g/mol. The SMILES string of the molecule is COc1cc2c(Nc3ccc(Cl)c(Cl)c3)ncnc2cc1OCC1CO[C@@H]2[C@@H](OC)CO[C@H]12. The Labute approximate surface area is 201 Å². The van der Waals surface area contributed by atoms with Crippen LogP contribution in [0.25, 0.3) is 10.9 Å². The fourth-order valence-corrected chi connectivity index (χ4v) is 4.53. The Morgan fingerprint density at radius 2 is 1.85 bits per heavy atom. The predicted molar refractivity (Wildman–Crippen MR) is 125 cm³/mol. The van der Waals surface area contributed by atoms with Gasteiger partial charge in [-0.15, -0.1) is 0 Å². The van der Waals surface area contributed by atoms with Crippen molar-refractivity contribution in [3.8, 4) is 11.5 Å². The molecule has 2 aliphatic rings. The van der Waals surface area contributed by atoms with Crippen molar-refractivity contribution in [3.05, 3.63) is 46.7 Å². The fourth-order valence-electron chi connectivity index (χ4n) is 4.23. The molecule has 2 aliphatic heterocycles. The first-order valence-electron chi connectivity index (χ1n) is 10.5. The smallest absolute Gasteiger partial charge is 0.163 e. The van der Waals surface area contributed by atoms with E-state index in [0.29, 0.717) is 52.7 Å². The third-order valence-corrected chi connectivity index (χ3v) is 6.71. The zero-order valence-electron chi connectivity index (χ0n) is 18.1. The summed E-state index contributed by atoms with van der Waals surface area (Å²) in [4.78, 5) is 8.79. The van der Waals surface area contributed by atoms with Gasteiger partial charge in [0.2, 0.25) is 0 Å². The van der Waals surface area contributed by atoms with Crippen molar-refractivity contribution < 1.29 is 23.7 Å². The molecule has 4 atom stereocenters. The molecule has 0 bridgehead atoms. The molecule has 1 N–H and O–H groups in total. The average Bonchev–Trinajstić information content (AvgIpc) is 3.42. The average molecular weight is 492 g/mol. The number of fused-ring (bicyclic) bond motifs is 2. The summed E-state index contributed by atoms with van der Waals surface area (Å²) in [6.45, 7) is 1.52. The molecule has 2 fully saturated rings. The maximum Gasteiger partial charge on any atom is 0.163 e. The summed E-state index contributed by atoms with van der Waals surface area (Å²) in [5.41, 5.74) is 1.46. The molecule has 2 aromatic carbocycles. The molecule has 1 unspecified atom stereocenters. The van der Waals surface area contributed by atoms with E-state index < -0.39 is 0 Å². The number of ether oxygens (including phenoxy) is 5. The molecule has 3 aromatic rings. The van der Waals surface area contributed by atoms with E-state index in [1.54, 1.807) is 26.4 Å². The second-order valence-corrected chi connectivity index (χ2v) is 8.75. The van der Waals surface area contributed by atoms with Crippen molar-refractivity contribution in [3.63, 3.8) is 0 Å². The summed E-state index contributed by atoms with van der Waals surface area (Å²) in [5, 5.41) is 4.98. The van der Waals surface area contributed by atoms with E-state index in [-0.39, 0.29) is 24.2 Å². The third-order valence-electron chi connectivity index (χ3n) is 5.97. The highest BCUT2D eigenvalue weighted by atomic mass is 35.5. The van der Waals surface area contributed by atoms with Crippen LogP contribution < -0.4 is 14.8 Å². The van der Waals surface area contributed by atoms with Crippen molar-refractivity contribution in [2.45, 2.75) is 18.3 Å². The van der Waals surface area contributed by atoms with E-state index in [0.717, 1.165) is 11.1 Å². The van der Waals surface area contributed by atoms with E-state index in [4.69, 9.17) is 46.9 Å². The maximum absolute atomic E-state index is 6.15. The van der Waals surface area contributed by atoms with E-state index in [2.05, 4.69) is 15.3 Å². The van der Waals surface area contributed by atoms with Crippen LogP contribution >= 0.6 is 23.2 Å². The summed E-state index contributed by atoms with van der Waals surface area (Å²) >= 11 is 12.2. The van der Waals surface area contributed by atoms with Gasteiger partial charge >= 0.3 is 0 Å². The predicted octanol–water partition coefficient (Wildman–Crippen LogP) is 4.50. The van der Waals surface area contributed by atoms with Gasteiger partial charge in [0, 0.05) is 30.2 Å². The molecule has 0 spiro atoms. The lowest BCUT2D eigenvalue weighted by molar-refractivity contribution is -0.0104. The summed E-state index contributed by atoms with van der Waals surface area (Å²) in [6, 6.07) is 8.99. The zero-order chi connectivity index (χ0) is 22.9. The number of methoxy groups -OCH3 is 2. The first kappa shape index (κ1) is 22.4. The Hall–Kier alpha value is -2.36. The highest BCUT2D eigenvalue weighted by molar-refractivity contribution is 6.42. The molecule has 2 saturated heterocycles. The number of hydrogen-bond donors (Lipinski definition) is 1. The minimum atomic E-state index is -0.0511. The van der Waals surface area contributed by atoms with Gasteiger partial charge in [0.25, 0.3) is 0 Å². The van der Waals surface area contributed by atoms with Crippen molar-refractivity contribution in [2.24, 2.45) is 5.92 Å². The Kier molecular flexibility index (Phi) is 6.44. The number of benzene rings is 2. The van der Waals surface area contributed by atoms with Crippen molar-refractivity contribution in [1.82, 2.24) is 9.97 Å². The second kappa shape index (κ2) is 9.48. The van der Waals surface area contributed by atoms with Gasteiger partial charge in [-0.25, -0.2) is 9.97 Å². The van der Waals surface area contributed by atoms with E-state index in [1.165, 1.54) is 6.33 Å². The van der Waals surface area contributed by atoms with Crippen molar-refractivity contribution >= 4 is 45.6 Å². The first-order valence-corrected chi connectivity index (χ1v) is 11.3. The minimum absolute atomic E-state index is 0.0339. The van der Waals surface area contributed by atoms with Crippen molar-refractivity contribution in [1.29, 1.82) is 0 Å². The van der Waals surface area contributed by atoms with Gasteiger partial charge in [0.15, 0.2) is 11.5 Å². The van der Waals surface area contributed by atoms with Crippen molar-refractivity contribution in [2.75, 3.05) is 39.4 Å². The monoisotopic (exact) mass is 491 g/mol. The van der Waals surface area contributed by atoms with Crippen LogP contribution in [-0.2, 0) is 14.2 Å². The Morgan fingerprint density at radius 3 is 2.64 bits per heavy atom. The van der Waals surface area contributed by atoms with Crippen LogP contribution in [0.1, 0.15) is 0 Å². The van der Waals surface area contributed by atoms with Gasteiger partial charge < -0.3 is 29.0 Å². The number of anilines is 2. The third kappa shape index (κ3) is 4.41. The summed E-state index contributed by atoms with van der Waals surface area (Å²) in [7, 11) is 3.28. The number of halogens is 2. The van der Waals surface area contributed by atoms with Crippen LogP contribution in [0.3, 0.4) is 0 Å². The highest BCUT2D eigenvalue weighted by Gasteiger charge is 2.48. The Morgan fingerprint density at radius 1 is 1.00 bits per heavy atom. The lowest BCUT2D eigenvalue weighted by atomic mass is 10.0. The number of nitrogens with zero attached hydrogens (tertiary/aromatic N) is 2. The number of aromatic nitrogens is 2. The van der Waals surface area contributed by atoms with Crippen LogP contribution in [0.2, 0.25) is 10.0 Å². The largest absolute Gasteiger partial charge is 0.493 e. The normalized spacial score (nSPS) is 24.1. The van der Waals surface area contributed by atoms with Crippen LogP contribution in [0, 0.1) is 5.92 Å². The Balaban J connectivity index is 1.36. The van der Waals surface area contributed by atoms with Gasteiger partial charge in [0.05, 0.1) is 48.6 Å². The molecule has 0 radical (unpaired) electrons. The molecule has 0 saturated carbocycles. The molecule has 0 aliphatic carbocycles. The molecule has 8 nitrogen and oxygen atoms in total. The maximum atomic E-state index is 6.15. The summed E-state index contributed by atoms with van der Waals surface area (Å²) in [6.07, 6.45) is 1.37. The second-order valence-electron chi connectivity index (χ2n) is 7.94. The van der Waals surface area contributed by atoms with Gasteiger partial charge in [-0.1, -0.05) is 23.2 Å². The molecule has 33 heavy (non-hydrogen) atoms. The number of nitrogens with one attached hydrogen (secondary N) is 1. The van der Waals surface area contributed by atoms with Gasteiger partial charge in [-0.3, -0.25) is 0 Å². The fraction of sp³-hybridized carbons (Fsp3) is 0.391. The lowest BCUT2D eigenvalue weighted by Crippen LogP contribution is -2.32. The van der Waals surface area contributed by atoms with E-state index in [1.807, 2.05) is 18.2 Å². The first-order chi connectivity index (χ1) is 16.1. The molecule has 0 amide bonds. The minimum Gasteiger partial charge on any atom is -0.493 e. The van der Waals surface area contributed by atoms with Crippen LogP contribution in [0.5, 0.6) is 11.5 Å². The topological polar surface area (TPSA) is 84.0 Å². The molecular formula is C23H23Cl2N3O5. The molecule has 1 aromatic heterocycles. The number of hydrogen-bond acceptors (Lipinski definition) is 8.